The van der Waals surface area contributed by atoms with Gasteiger partial charge in [-0.15, -0.1) is 0 Å². The van der Waals surface area contributed by atoms with Gasteiger partial charge in [0.2, 0.25) is 0 Å². The van der Waals surface area contributed by atoms with Crippen LogP contribution in [-0.4, -0.2) is 20.4 Å². The van der Waals surface area contributed by atoms with E-state index in [2.05, 4.69) is 14.4 Å². The third-order valence-corrected chi connectivity index (χ3v) is 6.30. The SMILES string of the molecule is CNS(=O)(=O)Nc1cccc(Cc2c(C)c3ccc(-c4[nH]cc[n+]4C)cc3oc2=O)c1. The van der Waals surface area contributed by atoms with Crippen molar-refractivity contribution in [1.29, 1.82) is 0 Å². The van der Waals surface area contributed by atoms with Crippen LogP contribution in [0.2, 0.25) is 0 Å². The van der Waals surface area contributed by atoms with Crippen molar-refractivity contribution in [2.24, 2.45) is 7.05 Å². The molecule has 2 aromatic heterocycles. The van der Waals surface area contributed by atoms with E-state index < -0.39 is 15.8 Å². The molecule has 160 valence electrons. The van der Waals surface area contributed by atoms with Gasteiger partial charge >= 0.3 is 5.63 Å². The largest absolute Gasteiger partial charge is 0.422 e. The highest BCUT2D eigenvalue weighted by molar-refractivity contribution is 7.90. The van der Waals surface area contributed by atoms with E-state index >= 15 is 0 Å². The van der Waals surface area contributed by atoms with Crippen LogP contribution in [0.3, 0.4) is 0 Å². The summed E-state index contributed by atoms with van der Waals surface area (Å²) < 4.78 is 35.7. The molecule has 0 amide bonds. The number of rotatable bonds is 6. The minimum atomic E-state index is -3.62. The van der Waals surface area contributed by atoms with Crippen molar-refractivity contribution in [2.45, 2.75) is 13.3 Å². The lowest BCUT2D eigenvalue weighted by Gasteiger charge is -2.10. The first-order valence-corrected chi connectivity index (χ1v) is 11.2. The highest BCUT2D eigenvalue weighted by Crippen LogP contribution is 2.25. The van der Waals surface area contributed by atoms with Crippen molar-refractivity contribution in [3.05, 3.63) is 82.0 Å². The molecule has 4 aromatic rings. The van der Waals surface area contributed by atoms with Crippen LogP contribution in [0, 0.1) is 6.92 Å². The summed E-state index contributed by atoms with van der Waals surface area (Å²) in [5.74, 6) is 0.909. The van der Waals surface area contributed by atoms with Crippen LogP contribution in [0.1, 0.15) is 16.7 Å². The summed E-state index contributed by atoms with van der Waals surface area (Å²) in [5.41, 5.74) is 3.63. The van der Waals surface area contributed by atoms with Gasteiger partial charge < -0.3 is 4.42 Å². The number of aryl methyl sites for hydroxylation is 2. The molecule has 2 aromatic carbocycles. The lowest BCUT2D eigenvalue weighted by molar-refractivity contribution is -0.658. The summed E-state index contributed by atoms with van der Waals surface area (Å²) in [4.78, 5) is 16.0. The standard InChI is InChI=1S/C22H22N4O4S/c1-14-18-8-7-16(21-24-9-10-26(21)3)13-20(18)30-22(27)19(14)12-15-5-4-6-17(11-15)25-31(28,29)23-2/h4-11,13,23,25H,12H2,1-3H3/p+1. The Kier molecular flexibility index (Phi) is 5.38. The first-order chi connectivity index (χ1) is 14.8. The fourth-order valence-corrected chi connectivity index (χ4v) is 4.13. The fourth-order valence-electron chi connectivity index (χ4n) is 3.59. The van der Waals surface area contributed by atoms with E-state index in [0.29, 0.717) is 23.3 Å². The van der Waals surface area contributed by atoms with Gasteiger partial charge in [-0.3, -0.25) is 4.72 Å². The van der Waals surface area contributed by atoms with Gasteiger partial charge in [-0.25, -0.2) is 19.1 Å². The molecule has 9 heteroatoms. The maximum atomic E-state index is 12.8. The number of benzene rings is 2. The first-order valence-electron chi connectivity index (χ1n) is 9.67. The number of H-pyrrole nitrogens is 1. The summed E-state index contributed by atoms with van der Waals surface area (Å²) in [6.45, 7) is 1.90. The van der Waals surface area contributed by atoms with E-state index in [9.17, 15) is 13.2 Å². The number of aromatic nitrogens is 2. The van der Waals surface area contributed by atoms with Gasteiger partial charge in [-0.2, -0.15) is 8.42 Å². The second-order valence-corrected chi connectivity index (χ2v) is 8.93. The van der Waals surface area contributed by atoms with Crippen molar-refractivity contribution in [2.75, 3.05) is 11.8 Å². The minimum Gasteiger partial charge on any atom is -0.422 e. The van der Waals surface area contributed by atoms with E-state index in [-0.39, 0.29) is 0 Å². The number of anilines is 1. The Labute approximate surface area is 179 Å². The lowest BCUT2D eigenvalue weighted by atomic mass is 9.98. The Bertz CT molecular complexity index is 1440. The normalized spacial score (nSPS) is 11.7. The number of aromatic amines is 1. The number of nitrogens with one attached hydrogen (secondary N) is 3. The Morgan fingerprint density at radius 1 is 1.16 bits per heavy atom. The molecule has 4 rings (SSSR count). The van der Waals surface area contributed by atoms with E-state index in [1.165, 1.54) is 7.05 Å². The van der Waals surface area contributed by atoms with Crippen LogP contribution in [-0.2, 0) is 23.7 Å². The molecule has 0 saturated carbocycles. The van der Waals surface area contributed by atoms with Crippen molar-refractivity contribution in [3.63, 3.8) is 0 Å². The van der Waals surface area contributed by atoms with Crippen LogP contribution < -0.4 is 19.6 Å². The number of hydrogen-bond acceptors (Lipinski definition) is 4. The van der Waals surface area contributed by atoms with Gasteiger partial charge in [0.05, 0.1) is 18.3 Å². The molecule has 8 nitrogen and oxygen atoms in total. The summed E-state index contributed by atoms with van der Waals surface area (Å²) >= 11 is 0. The van der Waals surface area contributed by atoms with Gasteiger partial charge in [-0.05, 0) is 42.3 Å². The molecule has 0 spiro atoms. The molecule has 0 saturated heterocycles. The van der Waals surface area contributed by atoms with Gasteiger partial charge in [0.1, 0.15) is 18.0 Å². The predicted octanol–water partition coefficient (Wildman–Crippen LogP) is 2.39. The molecule has 0 bridgehead atoms. The fraction of sp³-hybridized carbons (Fsp3) is 0.182. The third-order valence-electron chi connectivity index (χ3n) is 5.26. The number of fused-ring (bicyclic) bond motifs is 1. The lowest BCUT2D eigenvalue weighted by Crippen LogP contribution is -2.27. The van der Waals surface area contributed by atoms with Crippen LogP contribution in [0.15, 0.2) is 64.1 Å². The molecule has 0 fully saturated rings. The van der Waals surface area contributed by atoms with E-state index in [4.69, 9.17) is 4.42 Å². The van der Waals surface area contributed by atoms with Gasteiger partial charge in [-0.1, -0.05) is 18.2 Å². The molecule has 0 aliphatic carbocycles. The molecule has 0 radical (unpaired) electrons. The smallest absolute Gasteiger partial charge is 0.340 e. The van der Waals surface area contributed by atoms with Gasteiger partial charge in [0, 0.05) is 24.4 Å². The molecule has 0 aliphatic rings. The van der Waals surface area contributed by atoms with E-state index in [1.54, 1.807) is 18.2 Å². The number of imidazole rings is 1. The molecule has 0 atom stereocenters. The van der Waals surface area contributed by atoms with Gasteiger partial charge in [0.25, 0.3) is 16.0 Å². The Morgan fingerprint density at radius 2 is 1.97 bits per heavy atom. The molecule has 2 heterocycles. The molecule has 0 aliphatic heterocycles. The third kappa shape index (κ3) is 4.23. The molecule has 3 N–H and O–H groups in total. The van der Waals surface area contributed by atoms with Crippen LogP contribution in [0.5, 0.6) is 0 Å². The van der Waals surface area contributed by atoms with Crippen molar-refractivity contribution >= 4 is 26.9 Å². The molecular weight excluding hydrogens is 416 g/mol. The summed E-state index contributed by atoms with van der Waals surface area (Å²) in [7, 11) is -0.351. The average molecular weight is 440 g/mol. The number of nitrogens with zero attached hydrogens (tertiary/aromatic N) is 1. The summed E-state index contributed by atoms with van der Waals surface area (Å²) in [6, 6.07) is 12.7. The van der Waals surface area contributed by atoms with Crippen LogP contribution >= 0.6 is 0 Å². The topological polar surface area (TPSA) is 108 Å². The highest BCUT2D eigenvalue weighted by atomic mass is 32.2. The van der Waals surface area contributed by atoms with Crippen LogP contribution in [0.25, 0.3) is 22.4 Å². The van der Waals surface area contributed by atoms with E-state index in [1.807, 2.05) is 55.2 Å². The summed E-state index contributed by atoms with van der Waals surface area (Å²) in [5, 5.41) is 0.861. The number of hydrogen-bond donors (Lipinski definition) is 3. The van der Waals surface area contributed by atoms with Crippen molar-refractivity contribution in [1.82, 2.24) is 9.71 Å². The minimum absolute atomic E-state index is 0.326. The zero-order chi connectivity index (χ0) is 22.2. The average Bonchev–Trinajstić information content (AvgIpc) is 3.16. The second-order valence-electron chi connectivity index (χ2n) is 7.31. The maximum absolute atomic E-state index is 12.8. The zero-order valence-electron chi connectivity index (χ0n) is 17.4. The Morgan fingerprint density at radius 3 is 2.68 bits per heavy atom. The monoisotopic (exact) mass is 439 g/mol. The second kappa shape index (κ2) is 8.01. The predicted molar refractivity (Wildman–Crippen MR) is 119 cm³/mol. The maximum Gasteiger partial charge on any atom is 0.340 e. The van der Waals surface area contributed by atoms with Crippen molar-refractivity contribution < 1.29 is 17.4 Å². The van der Waals surface area contributed by atoms with Crippen molar-refractivity contribution in [3.8, 4) is 11.4 Å². The Balaban J connectivity index is 1.71. The highest BCUT2D eigenvalue weighted by Gasteiger charge is 2.16. The Hall–Kier alpha value is -3.43. The van der Waals surface area contributed by atoms with E-state index in [0.717, 1.165) is 27.9 Å². The summed E-state index contributed by atoms with van der Waals surface area (Å²) in [6.07, 6.45) is 4.08. The zero-order valence-corrected chi connectivity index (χ0v) is 18.2. The van der Waals surface area contributed by atoms with Gasteiger partial charge in [0.15, 0.2) is 0 Å². The first kappa shape index (κ1) is 20.8. The quantitative estimate of drug-likeness (QED) is 0.317. The molecular formula is C22H23N4O4S+. The molecule has 31 heavy (non-hydrogen) atoms. The van der Waals surface area contributed by atoms with Crippen LogP contribution in [0.4, 0.5) is 5.69 Å². The molecule has 0 unspecified atom stereocenters.